The van der Waals surface area contributed by atoms with Gasteiger partial charge in [0.25, 0.3) is 0 Å². The van der Waals surface area contributed by atoms with Crippen molar-refractivity contribution >= 4 is 12.0 Å². The molecule has 0 saturated carbocycles. The zero-order valence-electron chi connectivity index (χ0n) is 6.87. The van der Waals surface area contributed by atoms with E-state index in [4.69, 9.17) is 10.8 Å². The number of carboxylic acids is 1. The van der Waals surface area contributed by atoms with Crippen LogP contribution >= 0.6 is 0 Å². The minimum Gasteiger partial charge on any atom is -0.480 e. The van der Waals surface area contributed by atoms with E-state index in [1.54, 1.807) is 0 Å². The molecule has 0 spiro atoms. The van der Waals surface area contributed by atoms with E-state index in [9.17, 15) is 14.0 Å². The fourth-order valence-corrected chi connectivity index (χ4v) is 0.671. The van der Waals surface area contributed by atoms with E-state index in [0.29, 0.717) is 0 Å². The number of nitrogens with one attached hydrogen (secondary N) is 1. The quantitative estimate of drug-likeness (QED) is 0.438. The molecule has 0 radical (unpaired) electrons. The van der Waals surface area contributed by atoms with E-state index < -0.39 is 24.2 Å². The number of halogens is 1. The maximum atomic E-state index is 12.8. The fraction of sp³-hybridized carbons (Fsp3) is 0.667. The number of aliphatic carboxylic acids is 1. The number of nitrogens with two attached hydrogens (primary N) is 2. The molecule has 0 aliphatic carbocycles. The first-order valence-corrected chi connectivity index (χ1v) is 3.59. The van der Waals surface area contributed by atoms with E-state index >= 15 is 0 Å². The van der Waals surface area contributed by atoms with E-state index in [0.717, 1.165) is 0 Å². The Balaban J connectivity index is 3.67. The summed E-state index contributed by atoms with van der Waals surface area (Å²) in [6.07, 6.45) is -1.85. The van der Waals surface area contributed by atoms with Crippen LogP contribution in [0.3, 0.4) is 0 Å². The molecule has 0 heterocycles. The highest BCUT2D eigenvalue weighted by atomic mass is 19.1. The first kappa shape index (κ1) is 11.6. The van der Waals surface area contributed by atoms with E-state index in [1.165, 1.54) is 0 Å². The van der Waals surface area contributed by atoms with Crippen molar-refractivity contribution < 1.29 is 19.1 Å². The van der Waals surface area contributed by atoms with Gasteiger partial charge in [-0.3, -0.25) is 4.79 Å². The van der Waals surface area contributed by atoms with Crippen LogP contribution in [0.5, 0.6) is 0 Å². The number of alkyl halides is 1. The molecule has 0 aromatic rings. The average molecular weight is 193 g/mol. The second kappa shape index (κ2) is 5.31. The summed E-state index contributed by atoms with van der Waals surface area (Å²) in [5.41, 5.74) is 9.71. The zero-order chi connectivity index (χ0) is 10.4. The molecular formula is C6H12FN3O3. The van der Waals surface area contributed by atoms with Crippen LogP contribution in [0.25, 0.3) is 0 Å². The lowest BCUT2D eigenvalue weighted by Gasteiger charge is -2.10. The smallest absolute Gasteiger partial charge is 0.320 e. The SMILES string of the molecule is NC(=O)NCC(F)CC(N)C(=O)O. The minimum atomic E-state index is -1.50. The Morgan fingerprint density at radius 2 is 2.08 bits per heavy atom. The van der Waals surface area contributed by atoms with Gasteiger partial charge in [0.05, 0.1) is 6.54 Å². The Hall–Kier alpha value is -1.37. The molecule has 0 fully saturated rings. The van der Waals surface area contributed by atoms with Gasteiger partial charge in [-0.15, -0.1) is 0 Å². The fourth-order valence-electron chi connectivity index (χ4n) is 0.671. The lowest BCUT2D eigenvalue weighted by Crippen LogP contribution is -2.39. The number of carbonyl (C=O) groups excluding carboxylic acids is 1. The lowest BCUT2D eigenvalue weighted by molar-refractivity contribution is -0.139. The Labute approximate surface area is 74.1 Å². The monoisotopic (exact) mass is 193 g/mol. The first-order valence-electron chi connectivity index (χ1n) is 3.59. The van der Waals surface area contributed by atoms with Crippen LogP contribution in [-0.4, -0.2) is 35.9 Å². The number of carboxylic acid groups (broad SMARTS) is 1. The van der Waals surface area contributed by atoms with Crippen LogP contribution < -0.4 is 16.8 Å². The molecule has 0 bridgehead atoms. The predicted octanol–water partition coefficient (Wildman–Crippen LogP) is -1.21. The van der Waals surface area contributed by atoms with Gasteiger partial charge in [0.15, 0.2) is 0 Å². The summed E-state index contributed by atoms with van der Waals surface area (Å²) >= 11 is 0. The van der Waals surface area contributed by atoms with Gasteiger partial charge in [0, 0.05) is 6.42 Å². The van der Waals surface area contributed by atoms with Crippen molar-refractivity contribution in [3.05, 3.63) is 0 Å². The molecule has 2 amide bonds. The summed E-state index contributed by atoms with van der Waals surface area (Å²) in [4.78, 5) is 20.3. The van der Waals surface area contributed by atoms with Gasteiger partial charge in [0.2, 0.25) is 0 Å². The van der Waals surface area contributed by atoms with Gasteiger partial charge in [-0.05, 0) is 0 Å². The Bertz CT molecular complexity index is 200. The molecule has 13 heavy (non-hydrogen) atoms. The largest absolute Gasteiger partial charge is 0.480 e. The van der Waals surface area contributed by atoms with Crippen molar-refractivity contribution in [3.63, 3.8) is 0 Å². The molecule has 76 valence electrons. The zero-order valence-corrected chi connectivity index (χ0v) is 6.87. The highest BCUT2D eigenvalue weighted by molar-refractivity contribution is 5.73. The minimum absolute atomic E-state index is 0.323. The molecule has 2 unspecified atom stereocenters. The van der Waals surface area contributed by atoms with Crippen molar-refractivity contribution in [2.45, 2.75) is 18.6 Å². The third kappa shape index (κ3) is 5.85. The van der Waals surface area contributed by atoms with Crippen LogP contribution in [0, 0.1) is 0 Å². The molecule has 0 aromatic heterocycles. The number of amides is 2. The van der Waals surface area contributed by atoms with Crippen LogP contribution in [0.1, 0.15) is 6.42 Å². The van der Waals surface area contributed by atoms with Crippen LogP contribution in [0.4, 0.5) is 9.18 Å². The number of hydrogen-bond acceptors (Lipinski definition) is 3. The van der Waals surface area contributed by atoms with Gasteiger partial charge in [-0.2, -0.15) is 0 Å². The van der Waals surface area contributed by atoms with Gasteiger partial charge in [-0.1, -0.05) is 0 Å². The van der Waals surface area contributed by atoms with Crippen molar-refractivity contribution in [1.82, 2.24) is 5.32 Å². The predicted molar refractivity (Wildman–Crippen MR) is 42.7 cm³/mol. The van der Waals surface area contributed by atoms with Gasteiger partial charge >= 0.3 is 12.0 Å². The molecule has 2 atom stereocenters. The second-order valence-corrected chi connectivity index (χ2v) is 2.52. The summed E-state index contributed by atoms with van der Waals surface area (Å²) in [5, 5.41) is 10.3. The summed E-state index contributed by atoms with van der Waals surface area (Å²) in [5.74, 6) is -1.28. The topological polar surface area (TPSA) is 118 Å². The van der Waals surface area contributed by atoms with Crippen molar-refractivity contribution in [2.24, 2.45) is 11.5 Å². The lowest BCUT2D eigenvalue weighted by atomic mass is 10.1. The van der Waals surface area contributed by atoms with Crippen LogP contribution in [-0.2, 0) is 4.79 Å². The summed E-state index contributed by atoms with van der Waals surface area (Å²) in [6.45, 7) is -0.323. The molecule has 6 N–H and O–H groups in total. The number of rotatable bonds is 5. The molecule has 0 aliphatic rings. The summed E-state index contributed by atoms with van der Waals surface area (Å²) < 4.78 is 12.8. The second-order valence-electron chi connectivity index (χ2n) is 2.52. The van der Waals surface area contributed by atoms with E-state index in [1.807, 2.05) is 5.32 Å². The van der Waals surface area contributed by atoms with Gasteiger partial charge in [0.1, 0.15) is 12.2 Å². The Kier molecular flexibility index (Phi) is 4.75. The first-order chi connectivity index (χ1) is 5.93. The van der Waals surface area contributed by atoms with Crippen molar-refractivity contribution in [2.75, 3.05) is 6.54 Å². The van der Waals surface area contributed by atoms with Crippen molar-refractivity contribution in [3.8, 4) is 0 Å². The van der Waals surface area contributed by atoms with Crippen LogP contribution in [0.15, 0.2) is 0 Å². The molecule has 0 aliphatic heterocycles. The van der Waals surface area contributed by atoms with E-state index in [-0.39, 0.29) is 13.0 Å². The summed E-state index contributed by atoms with van der Waals surface area (Å²) in [6, 6.07) is -2.11. The number of hydrogen-bond donors (Lipinski definition) is 4. The van der Waals surface area contributed by atoms with Crippen molar-refractivity contribution in [1.29, 1.82) is 0 Å². The highest BCUT2D eigenvalue weighted by Gasteiger charge is 2.18. The molecule has 6 nitrogen and oxygen atoms in total. The number of carbonyl (C=O) groups is 2. The van der Waals surface area contributed by atoms with Gasteiger partial charge in [-0.25, -0.2) is 9.18 Å². The molecule has 0 saturated heterocycles. The maximum absolute atomic E-state index is 12.8. The van der Waals surface area contributed by atoms with Crippen LogP contribution in [0.2, 0.25) is 0 Å². The third-order valence-electron chi connectivity index (χ3n) is 1.32. The molecule has 7 heteroatoms. The van der Waals surface area contributed by atoms with Gasteiger partial charge < -0.3 is 21.9 Å². The van der Waals surface area contributed by atoms with E-state index in [2.05, 4.69) is 5.73 Å². The molecule has 0 aromatic carbocycles. The Morgan fingerprint density at radius 3 is 2.46 bits per heavy atom. The summed E-state index contributed by atoms with van der Waals surface area (Å²) in [7, 11) is 0. The Morgan fingerprint density at radius 1 is 1.54 bits per heavy atom. The normalized spacial score (nSPS) is 14.6. The third-order valence-corrected chi connectivity index (χ3v) is 1.32. The highest BCUT2D eigenvalue weighted by Crippen LogP contribution is 1.99. The maximum Gasteiger partial charge on any atom is 0.320 e. The number of primary amides is 1. The average Bonchev–Trinajstić information content (AvgIpc) is 2.00. The number of urea groups is 1. The standard InChI is InChI=1S/C6H12FN3O3/c7-3(2-10-6(9)13)1-4(8)5(11)12/h3-4H,1-2,8H2,(H,11,12)(H3,9,10,13). The molecular weight excluding hydrogens is 181 g/mol. The molecule has 0 rings (SSSR count).